The molecule has 0 spiro atoms. The summed E-state index contributed by atoms with van der Waals surface area (Å²) < 4.78 is 5.34. The van der Waals surface area contributed by atoms with Crippen molar-refractivity contribution >= 4 is 22.6 Å². The SMILES string of the molecule is COc1ccc(-c2cc3ccccc3c(N(C(=O)NC3CCCCC3)C3CCCCC3)n2)cc1. The van der Waals surface area contributed by atoms with Crippen LogP contribution in [0.3, 0.4) is 0 Å². The molecule has 5 rings (SSSR count). The third-order valence-corrected chi connectivity index (χ3v) is 7.43. The molecule has 1 N–H and O–H groups in total. The van der Waals surface area contributed by atoms with Crippen LogP contribution >= 0.6 is 0 Å². The molecule has 5 nitrogen and oxygen atoms in total. The summed E-state index contributed by atoms with van der Waals surface area (Å²) >= 11 is 0. The summed E-state index contributed by atoms with van der Waals surface area (Å²) in [5.41, 5.74) is 1.90. The summed E-state index contributed by atoms with van der Waals surface area (Å²) in [7, 11) is 1.67. The number of amides is 2. The number of ether oxygens (including phenoxy) is 1. The van der Waals surface area contributed by atoms with Gasteiger partial charge in [0.05, 0.1) is 12.8 Å². The molecule has 0 aliphatic heterocycles. The summed E-state index contributed by atoms with van der Waals surface area (Å²) in [5, 5.41) is 5.52. The summed E-state index contributed by atoms with van der Waals surface area (Å²) in [6.07, 6.45) is 11.4. The molecule has 1 aromatic heterocycles. The molecule has 178 valence electrons. The number of hydrogen-bond acceptors (Lipinski definition) is 3. The number of benzene rings is 2. The zero-order chi connectivity index (χ0) is 23.3. The van der Waals surface area contributed by atoms with Gasteiger partial charge in [-0.25, -0.2) is 9.78 Å². The van der Waals surface area contributed by atoms with Gasteiger partial charge >= 0.3 is 6.03 Å². The van der Waals surface area contributed by atoms with Crippen molar-refractivity contribution in [2.24, 2.45) is 0 Å². The van der Waals surface area contributed by atoms with Crippen LogP contribution in [0.2, 0.25) is 0 Å². The van der Waals surface area contributed by atoms with E-state index in [2.05, 4.69) is 29.6 Å². The number of aromatic nitrogens is 1. The Labute approximate surface area is 202 Å². The van der Waals surface area contributed by atoms with E-state index in [1.807, 2.05) is 35.2 Å². The Morgan fingerprint density at radius 2 is 1.59 bits per heavy atom. The molecule has 0 atom stereocenters. The van der Waals surface area contributed by atoms with Crippen LogP contribution in [-0.4, -0.2) is 30.2 Å². The molecule has 5 heteroatoms. The van der Waals surface area contributed by atoms with Gasteiger partial charge in [-0.2, -0.15) is 0 Å². The Kier molecular flexibility index (Phi) is 6.98. The van der Waals surface area contributed by atoms with Crippen LogP contribution in [0.25, 0.3) is 22.0 Å². The van der Waals surface area contributed by atoms with Gasteiger partial charge in [0.1, 0.15) is 11.6 Å². The first kappa shape index (κ1) is 22.7. The Bertz CT molecular complexity index is 1120. The molecule has 2 aliphatic carbocycles. The van der Waals surface area contributed by atoms with Crippen LogP contribution in [0, 0.1) is 0 Å². The van der Waals surface area contributed by atoms with E-state index in [0.29, 0.717) is 0 Å². The number of urea groups is 1. The van der Waals surface area contributed by atoms with Crippen molar-refractivity contribution in [3.05, 3.63) is 54.6 Å². The maximum atomic E-state index is 13.8. The highest BCUT2D eigenvalue weighted by Gasteiger charge is 2.31. The van der Waals surface area contributed by atoms with Gasteiger partial charge in [0, 0.05) is 23.0 Å². The number of carbonyl (C=O) groups excluding carboxylic acids is 1. The summed E-state index contributed by atoms with van der Waals surface area (Å²) in [6, 6.07) is 18.9. The number of anilines is 1. The Hall–Kier alpha value is -3.08. The van der Waals surface area contributed by atoms with Gasteiger partial charge in [0.2, 0.25) is 0 Å². The largest absolute Gasteiger partial charge is 0.497 e. The standard InChI is InChI=1S/C29H35N3O2/c1-34-25-18-16-21(17-19-25)27-20-22-10-8-9-15-26(22)28(31-27)32(24-13-6-3-7-14-24)29(33)30-23-11-4-2-5-12-23/h8-10,15-20,23-24H,2-7,11-14H2,1H3,(H,30,33). The number of rotatable bonds is 5. The molecule has 3 aromatic rings. The Balaban J connectivity index is 1.58. The zero-order valence-electron chi connectivity index (χ0n) is 20.1. The molecular weight excluding hydrogens is 422 g/mol. The fourth-order valence-corrected chi connectivity index (χ4v) is 5.54. The number of nitrogens with one attached hydrogen (secondary N) is 1. The summed E-state index contributed by atoms with van der Waals surface area (Å²) in [6.45, 7) is 0. The maximum Gasteiger partial charge on any atom is 0.323 e. The number of methoxy groups -OCH3 is 1. The smallest absolute Gasteiger partial charge is 0.323 e. The third-order valence-electron chi connectivity index (χ3n) is 7.43. The molecule has 0 unspecified atom stereocenters. The lowest BCUT2D eigenvalue weighted by atomic mass is 9.93. The minimum Gasteiger partial charge on any atom is -0.497 e. The fourth-order valence-electron chi connectivity index (χ4n) is 5.54. The van der Waals surface area contributed by atoms with Gasteiger partial charge in [-0.3, -0.25) is 4.90 Å². The second-order valence-electron chi connectivity index (χ2n) is 9.73. The lowest BCUT2D eigenvalue weighted by Crippen LogP contribution is -2.51. The number of fused-ring (bicyclic) bond motifs is 1. The predicted octanol–water partition coefficient (Wildman–Crippen LogP) is 7.09. The third kappa shape index (κ3) is 4.89. The zero-order valence-corrected chi connectivity index (χ0v) is 20.1. The van der Waals surface area contributed by atoms with E-state index in [1.54, 1.807) is 7.11 Å². The average molecular weight is 458 g/mol. The molecule has 2 fully saturated rings. The van der Waals surface area contributed by atoms with Gasteiger partial charge in [0.15, 0.2) is 0 Å². The molecule has 2 amide bonds. The van der Waals surface area contributed by atoms with E-state index in [-0.39, 0.29) is 18.1 Å². The van der Waals surface area contributed by atoms with E-state index < -0.39 is 0 Å². The van der Waals surface area contributed by atoms with Crippen LogP contribution in [0.15, 0.2) is 54.6 Å². The lowest BCUT2D eigenvalue weighted by molar-refractivity contribution is 0.233. The molecule has 0 radical (unpaired) electrons. The first-order valence-corrected chi connectivity index (χ1v) is 12.9. The quantitative estimate of drug-likeness (QED) is 0.445. The Morgan fingerprint density at radius 1 is 0.912 bits per heavy atom. The maximum absolute atomic E-state index is 13.8. The minimum absolute atomic E-state index is 0.0170. The van der Waals surface area contributed by atoms with Crippen molar-refractivity contribution in [3.63, 3.8) is 0 Å². The van der Waals surface area contributed by atoms with Gasteiger partial charge in [-0.05, 0) is 61.4 Å². The molecule has 0 bridgehead atoms. The van der Waals surface area contributed by atoms with Crippen molar-refractivity contribution in [3.8, 4) is 17.0 Å². The summed E-state index contributed by atoms with van der Waals surface area (Å²) in [5.74, 6) is 1.60. The average Bonchev–Trinajstić information content (AvgIpc) is 2.90. The highest BCUT2D eigenvalue weighted by Crippen LogP contribution is 2.35. The van der Waals surface area contributed by atoms with Crippen molar-refractivity contribution in [2.75, 3.05) is 12.0 Å². The number of pyridine rings is 1. The van der Waals surface area contributed by atoms with Crippen LogP contribution in [0.5, 0.6) is 5.75 Å². The first-order valence-electron chi connectivity index (χ1n) is 12.9. The molecule has 1 heterocycles. The highest BCUT2D eigenvalue weighted by molar-refractivity contribution is 6.03. The van der Waals surface area contributed by atoms with E-state index in [4.69, 9.17) is 9.72 Å². The minimum atomic E-state index is 0.0170. The van der Waals surface area contributed by atoms with Gasteiger partial charge in [0.25, 0.3) is 0 Å². The molecule has 34 heavy (non-hydrogen) atoms. The topological polar surface area (TPSA) is 54.5 Å². The van der Waals surface area contributed by atoms with Crippen LogP contribution in [-0.2, 0) is 0 Å². The van der Waals surface area contributed by atoms with Gasteiger partial charge in [-0.1, -0.05) is 62.8 Å². The molecular formula is C29H35N3O2. The van der Waals surface area contributed by atoms with Crippen LogP contribution in [0.1, 0.15) is 64.2 Å². The molecule has 2 saturated carbocycles. The number of nitrogens with zero attached hydrogens (tertiary/aromatic N) is 2. The number of hydrogen-bond donors (Lipinski definition) is 1. The fraction of sp³-hybridized carbons (Fsp3) is 0.448. The second kappa shape index (κ2) is 10.5. The molecule has 2 aromatic carbocycles. The van der Waals surface area contributed by atoms with Gasteiger partial charge < -0.3 is 10.1 Å². The monoisotopic (exact) mass is 457 g/mol. The first-order chi connectivity index (χ1) is 16.7. The van der Waals surface area contributed by atoms with Gasteiger partial charge in [-0.15, -0.1) is 0 Å². The molecule has 2 aliphatic rings. The van der Waals surface area contributed by atoms with E-state index in [1.165, 1.54) is 25.7 Å². The van der Waals surface area contributed by atoms with E-state index >= 15 is 0 Å². The Morgan fingerprint density at radius 3 is 2.29 bits per heavy atom. The van der Waals surface area contributed by atoms with Crippen LogP contribution in [0.4, 0.5) is 10.6 Å². The van der Waals surface area contributed by atoms with Crippen molar-refractivity contribution in [1.29, 1.82) is 0 Å². The second-order valence-corrected chi connectivity index (χ2v) is 9.73. The van der Waals surface area contributed by atoms with E-state index in [0.717, 1.165) is 72.1 Å². The molecule has 0 saturated heterocycles. The van der Waals surface area contributed by atoms with Crippen LogP contribution < -0.4 is 15.0 Å². The summed E-state index contributed by atoms with van der Waals surface area (Å²) in [4.78, 5) is 21.0. The van der Waals surface area contributed by atoms with Crippen molar-refractivity contribution in [1.82, 2.24) is 10.3 Å². The van der Waals surface area contributed by atoms with Crippen molar-refractivity contribution < 1.29 is 9.53 Å². The highest BCUT2D eigenvalue weighted by atomic mass is 16.5. The number of carbonyl (C=O) groups is 1. The lowest BCUT2D eigenvalue weighted by Gasteiger charge is -2.36. The van der Waals surface area contributed by atoms with E-state index in [9.17, 15) is 4.79 Å². The predicted molar refractivity (Wildman–Crippen MR) is 138 cm³/mol. The van der Waals surface area contributed by atoms with Crippen molar-refractivity contribution in [2.45, 2.75) is 76.3 Å². The normalized spacial score (nSPS) is 17.4.